The molecule has 6 nitrogen and oxygen atoms in total. The van der Waals surface area contributed by atoms with Gasteiger partial charge in [-0.2, -0.15) is 0 Å². The summed E-state index contributed by atoms with van der Waals surface area (Å²) in [6.45, 7) is 6.22. The minimum Gasteiger partial charge on any atom is -0.344 e. The molecule has 1 aromatic heterocycles. The number of carbonyl (C=O) groups excluding carboxylic acids is 2. The zero-order valence-corrected chi connectivity index (χ0v) is 12.7. The van der Waals surface area contributed by atoms with Crippen LogP contribution in [0.4, 0.5) is 0 Å². The highest BCUT2D eigenvalue weighted by Gasteiger charge is 2.36. The predicted molar refractivity (Wildman–Crippen MR) is 78.0 cm³/mol. The molecular weight excluding hydrogens is 268 g/mol. The molecule has 2 rings (SSSR count). The van der Waals surface area contributed by atoms with Crippen molar-refractivity contribution in [1.82, 2.24) is 20.2 Å². The van der Waals surface area contributed by atoms with Gasteiger partial charge in [-0.05, 0) is 18.9 Å². The maximum Gasteiger partial charge on any atom is 0.246 e. The van der Waals surface area contributed by atoms with Crippen molar-refractivity contribution in [1.29, 1.82) is 0 Å². The van der Waals surface area contributed by atoms with Crippen LogP contribution >= 0.6 is 0 Å². The van der Waals surface area contributed by atoms with Gasteiger partial charge in [0.1, 0.15) is 11.9 Å². The van der Waals surface area contributed by atoms with Gasteiger partial charge in [0, 0.05) is 24.9 Å². The van der Waals surface area contributed by atoms with E-state index in [1.165, 1.54) is 0 Å². The lowest BCUT2D eigenvalue weighted by atomic mass is 9.98. The van der Waals surface area contributed by atoms with Gasteiger partial charge in [0.05, 0.1) is 6.54 Å². The summed E-state index contributed by atoms with van der Waals surface area (Å²) in [5.41, 5.74) is 0. The van der Waals surface area contributed by atoms with Crippen molar-refractivity contribution in [2.75, 3.05) is 0 Å². The summed E-state index contributed by atoms with van der Waals surface area (Å²) < 4.78 is 0. The van der Waals surface area contributed by atoms with Crippen molar-refractivity contribution in [3.63, 3.8) is 0 Å². The Labute approximate surface area is 125 Å². The Morgan fingerprint density at radius 3 is 2.67 bits per heavy atom. The van der Waals surface area contributed by atoms with E-state index < -0.39 is 6.04 Å². The van der Waals surface area contributed by atoms with Crippen LogP contribution in [0.1, 0.15) is 39.4 Å². The Bertz CT molecular complexity index is 506. The van der Waals surface area contributed by atoms with E-state index in [2.05, 4.69) is 15.3 Å². The molecule has 0 aromatic carbocycles. The molecule has 6 heteroatoms. The average molecular weight is 290 g/mol. The molecule has 0 spiro atoms. The number of nitrogens with zero attached hydrogens (tertiary/aromatic N) is 3. The standard InChI is InChI=1S/C15H22N4O2/c1-4-10(2)14-15(21)19(11(3)8-13(20)18-14)9-12-16-6-5-7-17-12/h5-7,10-11,14H,4,8-9H2,1-3H3,(H,18,20). The molecule has 3 atom stereocenters. The quantitative estimate of drug-likeness (QED) is 0.902. The Morgan fingerprint density at radius 1 is 1.38 bits per heavy atom. The molecule has 0 saturated carbocycles. The van der Waals surface area contributed by atoms with Gasteiger partial charge in [-0.1, -0.05) is 20.3 Å². The van der Waals surface area contributed by atoms with Gasteiger partial charge in [-0.3, -0.25) is 9.59 Å². The molecule has 114 valence electrons. The topological polar surface area (TPSA) is 75.2 Å². The van der Waals surface area contributed by atoms with Crippen LogP contribution in [-0.2, 0) is 16.1 Å². The third-order valence-electron chi connectivity index (χ3n) is 4.02. The first-order valence-corrected chi connectivity index (χ1v) is 7.38. The zero-order chi connectivity index (χ0) is 15.4. The molecule has 21 heavy (non-hydrogen) atoms. The minimum atomic E-state index is -0.462. The van der Waals surface area contributed by atoms with Crippen LogP contribution in [-0.4, -0.2) is 38.8 Å². The lowest BCUT2D eigenvalue weighted by Gasteiger charge is -2.30. The summed E-state index contributed by atoms with van der Waals surface area (Å²) in [6.07, 6.45) is 4.46. The number of aromatic nitrogens is 2. The first-order valence-electron chi connectivity index (χ1n) is 7.38. The Kier molecular flexibility index (Phi) is 4.88. The molecule has 1 fully saturated rings. The minimum absolute atomic E-state index is 0.0462. The lowest BCUT2D eigenvalue weighted by Crippen LogP contribution is -2.49. The van der Waals surface area contributed by atoms with E-state index in [9.17, 15) is 9.59 Å². The number of amides is 2. The number of nitrogens with one attached hydrogen (secondary N) is 1. The van der Waals surface area contributed by atoms with Crippen LogP contribution in [0.3, 0.4) is 0 Å². The van der Waals surface area contributed by atoms with Crippen LogP contribution in [0.15, 0.2) is 18.5 Å². The summed E-state index contributed by atoms with van der Waals surface area (Å²) in [4.78, 5) is 34.8. The molecule has 1 N–H and O–H groups in total. The third-order valence-corrected chi connectivity index (χ3v) is 4.02. The second kappa shape index (κ2) is 6.65. The van der Waals surface area contributed by atoms with Crippen molar-refractivity contribution >= 4 is 11.8 Å². The summed E-state index contributed by atoms with van der Waals surface area (Å²) in [5, 5.41) is 2.85. The van der Waals surface area contributed by atoms with Crippen molar-refractivity contribution in [3.8, 4) is 0 Å². The van der Waals surface area contributed by atoms with Crippen molar-refractivity contribution in [2.45, 2.75) is 52.2 Å². The summed E-state index contributed by atoms with van der Waals surface area (Å²) in [5.74, 6) is 0.577. The Balaban J connectivity index is 2.24. The van der Waals surface area contributed by atoms with Gasteiger partial charge < -0.3 is 10.2 Å². The number of rotatable bonds is 4. The van der Waals surface area contributed by atoms with Crippen LogP contribution in [0, 0.1) is 5.92 Å². The van der Waals surface area contributed by atoms with Crippen LogP contribution in [0.2, 0.25) is 0 Å². The molecule has 3 unspecified atom stereocenters. The maximum absolute atomic E-state index is 12.8. The van der Waals surface area contributed by atoms with E-state index in [-0.39, 0.29) is 23.8 Å². The summed E-state index contributed by atoms with van der Waals surface area (Å²) in [6, 6.07) is 1.12. The van der Waals surface area contributed by atoms with E-state index >= 15 is 0 Å². The van der Waals surface area contributed by atoms with Gasteiger partial charge in [-0.25, -0.2) is 9.97 Å². The first-order chi connectivity index (χ1) is 10.0. The second-order valence-corrected chi connectivity index (χ2v) is 5.62. The van der Waals surface area contributed by atoms with E-state index in [0.29, 0.717) is 18.8 Å². The predicted octanol–water partition coefficient (Wildman–Crippen LogP) is 1.13. The molecule has 0 aliphatic carbocycles. The highest BCUT2D eigenvalue weighted by Crippen LogP contribution is 2.19. The van der Waals surface area contributed by atoms with Crippen molar-refractivity contribution in [2.24, 2.45) is 5.92 Å². The molecule has 2 heterocycles. The SMILES string of the molecule is CCC(C)C1NC(=O)CC(C)N(Cc2ncccn2)C1=O. The molecule has 1 aliphatic heterocycles. The molecule has 2 amide bonds. The molecule has 1 aliphatic rings. The van der Waals surface area contributed by atoms with Gasteiger partial charge >= 0.3 is 0 Å². The number of carbonyl (C=O) groups is 2. The third kappa shape index (κ3) is 3.56. The fourth-order valence-corrected chi connectivity index (χ4v) is 2.49. The molecule has 0 radical (unpaired) electrons. The fourth-order valence-electron chi connectivity index (χ4n) is 2.49. The zero-order valence-electron chi connectivity index (χ0n) is 12.7. The highest BCUT2D eigenvalue weighted by atomic mass is 16.2. The first kappa shape index (κ1) is 15.4. The van der Waals surface area contributed by atoms with Crippen LogP contribution in [0.25, 0.3) is 0 Å². The molecule has 1 saturated heterocycles. The Morgan fingerprint density at radius 2 is 2.05 bits per heavy atom. The van der Waals surface area contributed by atoms with E-state index in [0.717, 1.165) is 6.42 Å². The summed E-state index contributed by atoms with van der Waals surface area (Å²) in [7, 11) is 0. The van der Waals surface area contributed by atoms with Gasteiger partial charge in [0.25, 0.3) is 0 Å². The highest BCUT2D eigenvalue weighted by molar-refractivity contribution is 5.90. The number of hydrogen-bond donors (Lipinski definition) is 1. The smallest absolute Gasteiger partial charge is 0.246 e. The monoisotopic (exact) mass is 290 g/mol. The summed E-state index contributed by atoms with van der Waals surface area (Å²) >= 11 is 0. The Hall–Kier alpha value is -1.98. The van der Waals surface area contributed by atoms with Crippen LogP contribution in [0.5, 0.6) is 0 Å². The largest absolute Gasteiger partial charge is 0.344 e. The second-order valence-electron chi connectivity index (χ2n) is 5.62. The maximum atomic E-state index is 12.8. The van der Waals surface area contributed by atoms with Gasteiger partial charge in [0.2, 0.25) is 11.8 Å². The van der Waals surface area contributed by atoms with Crippen LogP contribution < -0.4 is 5.32 Å². The van der Waals surface area contributed by atoms with E-state index in [1.54, 1.807) is 23.4 Å². The van der Waals surface area contributed by atoms with E-state index in [4.69, 9.17) is 0 Å². The molecule has 0 bridgehead atoms. The normalized spacial score (nSPS) is 24.4. The van der Waals surface area contributed by atoms with Gasteiger partial charge in [-0.15, -0.1) is 0 Å². The van der Waals surface area contributed by atoms with E-state index in [1.807, 2.05) is 20.8 Å². The van der Waals surface area contributed by atoms with Gasteiger partial charge in [0.15, 0.2) is 0 Å². The molecule has 1 aromatic rings. The average Bonchev–Trinajstić information content (AvgIpc) is 2.58. The lowest BCUT2D eigenvalue weighted by molar-refractivity contribution is -0.137. The van der Waals surface area contributed by atoms with Crippen molar-refractivity contribution in [3.05, 3.63) is 24.3 Å². The molecular formula is C15H22N4O2. The van der Waals surface area contributed by atoms with Crippen molar-refractivity contribution < 1.29 is 9.59 Å². The fraction of sp³-hybridized carbons (Fsp3) is 0.600. The number of hydrogen-bond acceptors (Lipinski definition) is 4.